The van der Waals surface area contributed by atoms with Crippen LogP contribution < -0.4 is 10.1 Å². The lowest BCUT2D eigenvalue weighted by molar-refractivity contribution is 0.0600. The van der Waals surface area contributed by atoms with Crippen LogP contribution in [0.3, 0.4) is 0 Å². The maximum Gasteiger partial charge on any atom is 0.337 e. The Kier molecular flexibility index (Phi) is 5.38. The van der Waals surface area contributed by atoms with Crippen LogP contribution in [0.25, 0.3) is 10.8 Å². The lowest BCUT2D eigenvalue weighted by atomic mass is 10.0. The topological polar surface area (TPSA) is 73.3 Å². The number of benzene rings is 2. The molecule has 7 heteroatoms. The highest BCUT2D eigenvalue weighted by Crippen LogP contribution is 2.49. The molecule has 6 nitrogen and oxygen atoms in total. The van der Waals surface area contributed by atoms with E-state index in [9.17, 15) is 9.18 Å². The number of rotatable bonds is 7. The van der Waals surface area contributed by atoms with Crippen LogP contribution in [0.4, 0.5) is 10.2 Å². The van der Waals surface area contributed by atoms with Gasteiger partial charge in [0.15, 0.2) is 0 Å². The molecule has 0 unspecified atom stereocenters. The summed E-state index contributed by atoms with van der Waals surface area (Å²) in [4.78, 5) is 20.8. The number of ether oxygens (including phenoxy) is 2. The Morgan fingerprint density at radius 2 is 1.82 bits per heavy atom. The van der Waals surface area contributed by atoms with Crippen LogP contribution in [0.2, 0.25) is 0 Å². The van der Waals surface area contributed by atoms with Crippen molar-refractivity contribution in [2.75, 3.05) is 12.4 Å². The van der Waals surface area contributed by atoms with E-state index in [1.54, 1.807) is 30.6 Å². The second kappa shape index (κ2) is 8.50. The number of carbonyl (C=O) groups excluding carboxylic acids is 1. The lowest BCUT2D eigenvalue weighted by Crippen LogP contribution is -2.20. The van der Waals surface area contributed by atoms with Crippen molar-refractivity contribution < 1.29 is 18.7 Å². The zero-order chi connectivity index (χ0) is 22.8. The molecule has 1 fully saturated rings. The second-order valence-electron chi connectivity index (χ2n) is 8.07. The van der Waals surface area contributed by atoms with E-state index in [4.69, 9.17) is 9.47 Å². The van der Waals surface area contributed by atoms with Crippen molar-refractivity contribution in [2.45, 2.75) is 25.0 Å². The van der Waals surface area contributed by atoms with Crippen molar-refractivity contribution in [3.05, 3.63) is 95.6 Å². The standard InChI is InChI=1S/C26H22FN3O3/c1-32-25(31)19-5-7-20(8-6-19)26(11-12-26)30-23-22-18(9-13-28-23)10-14-29-24(22)33-16-17-3-2-4-21(27)15-17/h2-10,13-15H,11-12,16H2,1H3,(H,28,30). The van der Waals surface area contributed by atoms with Gasteiger partial charge in [-0.25, -0.2) is 19.2 Å². The number of methoxy groups -OCH3 is 1. The largest absolute Gasteiger partial charge is 0.472 e. The fourth-order valence-corrected chi connectivity index (χ4v) is 3.95. The van der Waals surface area contributed by atoms with Gasteiger partial charge in [-0.15, -0.1) is 0 Å². The number of anilines is 1. The average molecular weight is 443 g/mol. The van der Waals surface area contributed by atoms with Crippen LogP contribution in [0.1, 0.15) is 34.3 Å². The molecule has 0 saturated heterocycles. The molecule has 5 rings (SSSR count). The smallest absolute Gasteiger partial charge is 0.337 e. The number of hydrogen-bond donors (Lipinski definition) is 1. The van der Waals surface area contributed by atoms with Crippen LogP contribution in [0.5, 0.6) is 5.88 Å². The second-order valence-corrected chi connectivity index (χ2v) is 8.07. The van der Waals surface area contributed by atoms with E-state index >= 15 is 0 Å². The van der Waals surface area contributed by atoms with Crippen LogP contribution in [-0.2, 0) is 16.9 Å². The third kappa shape index (κ3) is 4.22. The molecule has 166 valence electrons. The Hall–Kier alpha value is -4.00. The van der Waals surface area contributed by atoms with Crippen molar-refractivity contribution in [3.63, 3.8) is 0 Å². The van der Waals surface area contributed by atoms with Crippen LogP contribution in [0.15, 0.2) is 73.1 Å². The molecule has 0 aliphatic heterocycles. The minimum atomic E-state index is -0.360. The van der Waals surface area contributed by atoms with E-state index in [1.165, 1.54) is 19.2 Å². The molecule has 2 heterocycles. The summed E-state index contributed by atoms with van der Waals surface area (Å²) in [5.41, 5.74) is 2.03. The number of pyridine rings is 2. The summed E-state index contributed by atoms with van der Waals surface area (Å²) in [5.74, 6) is 0.440. The van der Waals surface area contributed by atoms with Gasteiger partial charge in [0.1, 0.15) is 18.2 Å². The van der Waals surface area contributed by atoms with Gasteiger partial charge in [-0.1, -0.05) is 24.3 Å². The first-order valence-electron chi connectivity index (χ1n) is 10.7. The van der Waals surface area contributed by atoms with E-state index in [1.807, 2.05) is 30.3 Å². The molecule has 1 aliphatic rings. The molecule has 2 aromatic heterocycles. The molecule has 0 atom stereocenters. The number of esters is 1. The number of hydrogen-bond acceptors (Lipinski definition) is 6. The Labute approximate surface area is 190 Å². The highest BCUT2D eigenvalue weighted by molar-refractivity contribution is 5.96. The molecule has 0 amide bonds. The third-order valence-electron chi connectivity index (χ3n) is 5.87. The molecule has 0 radical (unpaired) electrons. The molecule has 33 heavy (non-hydrogen) atoms. The Morgan fingerprint density at radius 1 is 1.06 bits per heavy atom. The van der Waals surface area contributed by atoms with Crippen LogP contribution >= 0.6 is 0 Å². The van der Waals surface area contributed by atoms with Crippen molar-refractivity contribution in [1.82, 2.24) is 9.97 Å². The predicted molar refractivity (Wildman–Crippen MR) is 123 cm³/mol. The number of carbonyl (C=O) groups is 1. The minimum Gasteiger partial charge on any atom is -0.472 e. The molecule has 0 bridgehead atoms. The molecular weight excluding hydrogens is 421 g/mol. The summed E-state index contributed by atoms with van der Waals surface area (Å²) in [7, 11) is 1.37. The molecule has 2 aromatic carbocycles. The van der Waals surface area contributed by atoms with Gasteiger partial charge >= 0.3 is 5.97 Å². The van der Waals surface area contributed by atoms with Gasteiger partial charge in [-0.3, -0.25) is 0 Å². The number of aromatic nitrogens is 2. The van der Waals surface area contributed by atoms with E-state index in [2.05, 4.69) is 15.3 Å². The van der Waals surface area contributed by atoms with E-state index < -0.39 is 0 Å². The van der Waals surface area contributed by atoms with Gasteiger partial charge in [-0.05, 0) is 65.8 Å². The monoisotopic (exact) mass is 443 g/mol. The summed E-state index contributed by atoms with van der Waals surface area (Å²) in [6, 6.07) is 17.5. The third-order valence-corrected chi connectivity index (χ3v) is 5.87. The first kappa shape index (κ1) is 20.9. The van der Waals surface area contributed by atoms with Gasteiger partial charge in [0.2, 0.25) is 5.88 Å². The van der Waals surface area contributed by atoms with Gasteiger partial charge in [0, 0.05) is 12.4 Å². The number of nitrogens with zero attached hydrogens (tertiary/aromatic N) is 2. The highest BCUT2D eigenvalue weighted by atomic mass is 19.1. The van der Waals surface area contributed by atoms with Crippen molar-refractivity contribution in [2.24, 2.45) is 0 Å². The summed E-state index contributed by atoms with van der Waals surface area (Å²) >= 11 is 0. The molecule has 4 aromatic rings. The van der Waals surface area contributed by atoms with Gasteiger partial charge in [0.05, 0.1) is 23.6 Å². The fourth-order valence-electron chi connectivity index (χ4n) is 3.95. The van der Waals surface area contributed by atoms with Gasteiger partial charge in [0.25, 0.3) is 0 Å². The number of nitrogens with one attached hydrogen (secondary N) is 1. The van der Waals surface area contributed by atoms with Gasteiger partial charge < -0.3 is 14.8 Å². The molecular formula is C26H22FN3O3. The van der Waals surface area contributed by atoms with E-state index in [0.717, 1.165) is 34.7 Å². The fraction of sp³-hybridized carbons (Fsp3) is 0.192. The highest BCUT2D eigenvalue weighted by Gasteiger charge is 2.45. The summed E-state index contributed by atoms with van der Waals surface area (Å²) in [5, 5.41) is 5.30. The van der Waals surface area contributed by atoms with Crippen molar-refractivity contribution in [3.8, 4) is 5.88 Å². The normalized spacial score (nSPS) is 14.0. The minimum absolute atomic E-state index is 0.193. The van der Waals surface area contributed by atoms with Gasteiger partial charge in [-0.2, -0.15) is 0 Å². The quantitative estimate of drug-likeness (QED) is 0.394. The maximum atomic E-state index is 13.5. The SMILES string of the molecule is COC(=O)c1ccc(C2(Nc3nccc4ccnc(OCc5cccc(F)c5)c34)CC2)cc1. The number of halogens is 1. The zero-order valence-electron chi connectivity index (χ0n) is 18.0. The molecule has 1 saturated carbocycles. The first-order chi connectivity index (χ1) is 16.1. The molecule has 1 N–H and O–H groups in total. The Balaban J connectivity index is 1.44. The van der Waals surface area contributed by atoms with Crippen molar-refractivity contribution in [1.29, 1.82) is 0 Å². The maximum absolute atomic E-state index is 13.5. The number of fused-ring (bicyclic) bond motifs is 1. The Bertz CT molecular complexity index is 1310. The lowest BCUT2D eigenvalue weighted by Gasteiger charge is -2.21. The van der Waals surface area contributed by atoms with Crippen LogP contribution in [0, 0.1) is 5.82 Å². The molecule has 1 aliphatic carbocycles. The van der Waals surface area contributed by atoms with E-state index in [-0.39, 0.29) is 23.9 Å². The van der Waals surface area contributed by atoms with E-state index in [0.29, 0.717) is 17.3 Å². The van der Waals surface area contributed by atoms with Crippen molar-refractivity contribution >= 4 is 22.6 Å². The average Bonchev–Trinajstić information content (AvgIpc) is 3.63. The summed E-state index contributed by atoms with van der Waals surface area (Å²) < 4.78 is 24.3. The predicted octanol–water partition coefficient (Wildman–Crippen LogP) is 5.24. The summed E-state index contributed by atoms with van der Waals surface area (Å²) in [6.45, 7) is 0.193. The summed E-state index contributed by atoms with van der Waals surface area (Å²) in [6.07, 6.45) is 5.30. The molecule has 0 spiro atoms. The zero-order valence-corrected chi connectivity index (χ0v) is 18.0. The first-order valence-corrected chi connectivity index (χ1v) is 10.7. The Morgan fingerprint density at radius 3 is 2.52 bits per heavy atom. The van der Waals surface area contributed by atoms with Crippen LogP contribution in [-0.4, -0.2) is 23.0 Å².